The first kappa shape index (κ1) is 15.1. The maximum atomic E-state index is 6.26. The molecular weight excluding hydrogens is 322 g/mol. The van der Waals surface area contributed by atoms with E-state index in [1.807, 2.05) is 42.6 Å². The topological polar surface area (TPSA) is 69.1 Å². The Balaban J connectivity index is 1.96. The lowest BCUT2D eigenvalue weighted by Gasteiger charge is -2.14. The fourth-order valence-electron chi connectivity index (χ4n) is 3.01. The number of aliphatic imine (C=N–C) groups is 1. The number of halogens is 1. The van der Waals surface area contributed by atoms with Crippen LogP contribution < -0.4 is 5.73 Å². The second-order valence-electron chi connectivity index (χ2n) is 5.58. The molecule has 6 heteroatoms. The molecule has 0 saturated heterocycles. The molecule has 0 bridgehead atoms. The van der Waals surface area contributed by atoms with Crippen molar-refractivity contribution in [3.8, 4) is 5.69 Å². The van der Waals surface area contributed by atoms with Crippen molar-refractivity contribution in [2.75, 3.05) is 6.54 Å². The van der Waals surface area contributed by atoms with E-state index in [-0.39, 0.29) is 0 Å². The summed E-state index contributed by atoms with van der Waals surface area (Å²) in [6.07, 6.45) is 4.40. The van der Waals surface area contributed by atoms with Gasteiger partial charge in [0.1, 0.15) is 5.82 Å². The Morgan fingerprint density at radius 3 is 2.88 bits per heavy atom. The molecule has 0 unspecified atom stereocenters. The van der Waals surface area contributed by atoms with E-state index >= 15 is 0 Å². The minimum Gasteiger partial charge on any atom is -0.330 e. The molecule has 0 spiro atoms. The molecule has 0 aliphatic carbocycles. The van der Waals surface area contributed by atoms with E-state index in [9.17, 15) is 0 Å². The molecule has 120 valence electrons. The second kappa shape index (κ2) is 6.19. The molecular formula is C18H16ClN5. The predicted octanol–water partition coefficient (Wildman–Crippen LogP) is 2.77. The Hall–Kier alpha value is -2.50. The molecule has 3 aromatic rings. The predicted molar refractivity (Wildman–Crippen MR) is 94.9 cm³/mol. The van der Waals surface area contributed by atoms with E-state index in [0.717, 1.165) is 40.6 Å². The molecule has 0 radical (unpaired) electrons. The lowest BCUT2D eigenvalue weighted by molar-refractivity contribution is 0.820. The van der Waals surface area contributed by atoms with Gasteiger partial charge in [-0.3, -0.25) is 14.5 Å². The van der Waals surface area contributed by atoms with Crippen molar-refractivity contribution in [1.82, 2.24) is 14.5 Å². The Kier molecular flexibility index (Phi) is 3.88. The van der Waals surface area contributed by atoms with Gasteiger partial charge >= 0.3 is 0 Å². The summed E-state index contributed by atoms with van der Waals surface area (Å²) in [4.78, 5) is 13.8. The normalized spacial score (nSPS) is 13.0. The highest BCUT2D eigenvalue weighted by molar-refractivity contribution is 6.31. The highest BCUT2D eigenvalue weighted by Gasteiger charge is 2.22. The molecule has 0 saturated carbocycles. The van der Waals surface area contributed by atoms with Crippen molar-refractivity contribution in [2.24, 2.45) is 10.7 Å². The lowest BCUT2D eigenvalue weighted by Crippen LogP contribution is -2.12. The molecule has 4 rings (SSSR count). The molecule has 0 fully saturated rings. The van der Waals surface area contributed by atoms with Gasteiger partial charge in [-0.1, -0.05) is 17.7 Å². The first-order chi connectivity index (χ1) is 11.8. The average Bonchev–Trinajstić information content (AvgIpc) is 2.92. The zero-order valence-corrected chi connectivity index (χ0v) is 13.7. The van der Waals surface area contributed by atoms with Gasteiger partial charge in [-0.05, 0) is 36.9 Å². The quantitative estimate of drug-likeness (QED) is 0.799. The molecule has 1 aromatic carbocycles. The third-order valence-electron chi connectivity index (χ3n) is 4.05. The number of hydrogen-bond donors (Lipinski definition) is 1. The number of nitrogens with two attached hydrogens (primary N) is 1. The summed E-state index contributed by atoms with van der Waals surface area (Å²) in [6, 6.07) is 11.6. The Morgan fingerprint density at radius 2 is 2.08 bits per heavy atom. The average molecular weight is 338 g/mol. The van der Waals surface area contributed by atoms with Crippen molar-refractivity contribution in [3.63, 3.8) is 0 Å². The molecule has 2 N–H and O–H groups in total. The zero-order chi connectivity index (χ0) is 16.5. The first-order valence-electron chi connectivity index (χ1n) is 7.79. The molecule has 1 aliphatic rings. The highest BCUT2D eigenvalue weighted by Crippen LogP contribution is 2.28. The van der Waals surface area contributed by atoms with Crippen LogP contribution in [-0.4, -0.2) is 26.8 Å². The highest BCUT2D eigenvalue weighted by atomic mass is 35.5. The van der Waals surface area contributed by atoms with E-state index in [1.165, 1.54) is 0 Å². The summed E-state index contributed by atoms with van der Waals surface area (Å²) in [5.41, 5.74) is 10.5. The number of benzene rings is 1. The van der Waals surface area contributed by atoms with Crippen LogP contribution in [0.15, 0.2) is 53.8 Å². The van der Waals surface area contributed by atoms with Crippen LogP contribution in [0.2, 0.25) is 5.02 Å². The molecule has 2 aromatic heterocycles. The summed E-state index contributed by atoms with van der Waals surface area (Å²) in [7, 11) is 0. The van der Waals surface area contributed by atoms with Gasteiger partial charge in [0.05, 0.1) is 23.6 Å². The number of hydrogen-bond acceptors (Lipinski definition) is 4. The summed E-state index contributed by atoms with van der Waals surface area (Å²) in [5, 5.41) is 0.668. The van der Waals surface area contributed by atoms with E-state index in [1.54, 1.807) is 6.20 Å². The molecule has 1 aliphatic heterocycles. The number of fused-ring (bicyclic) bond motifs is 3. The van der Waals surface area contributed by atoms with Crippen LogP contribution in [0.5, 0.6) is 0 Å². The molecule has 0 atom stereocenters. The Labute approximate surface area is 144 Å². The zero-order valence-electron chi connectivity index (χ0n) is 13.0. The summed E-state index contributed by atoms with van der Waals surface area (Å²) < 4.78 is 2.14. The van der Waals surface area contributed by atoms with Crippen LogP contribution in [0.25, 0.3) is 5.69 Å². The fraction of sp³-hybridized carbons (Fsp3) is 0.167. The maximum Gasteiger partial charge on any atom is 0.135 e. The van der Waals surface area contributed by atoms with Crippen LogP contribution in [0.3, 0.4) is 0 Å². The monoisotopic (exact) mass is 337 g/mol. The van der Waals surface area contributed by atoms with Gasteiger partial charge in [0.15, 0.2) is 0 Å². The number of rotatable bonds is 3. The second-order valence-corrected chi connectivity index (χ2v) is 6.02. The van der Waals surface area contributed by atoms with Crippen LogP contribution in [0, 0.1) is 0 Å². The Bertz CT molecular complexity index is 914. The summed E-state index contributed by atoms with van der Waals surface area (Å²) >= 11 is 6.26. The van der Waals surface area contributed by atoms with Crippen LogP contribution in [0.1, 0.15) is 22.8 Å². The van der Waals surface area contributed by atoms with Crippen LogP contribution in [-0.2, 0) is 13.0 Å². The van der Waals surface area contributed by atoms with Crippen molar-refractivity contribution >= 4 is 17.3 Å². The van der Waals surface area contributed by atoms with E-state index in [0.29, 0.717) is 18.1 Å². The number of pyridine rings is 1. The summed E-state index contributed by atoms with van der Waals surface area (Å²) in [5.74, 6) is 0.896. The molecule has 0 amide bonds. The van der Waals surface area contributed by atoms with Gasteiger partial charge in [-0.2, -0.15) is 0 Å². The molecule has 24 heavy (non-hydrogen) atoms. The van der Waals surface area contributed by atoms with E-state index in [2.05, 4.69) is 14.5 Å². The van der Waals surface area contributed by atoms with Crippen molar-refractivity contribution in [2.45, 2.75) is 13.0 Å². The van der Waals surface area contributed by atoms with E-state index < -0.39 is 0 Å². The van der Waals surface area contributed by atoms with Crippen molar-refractivity contribution in [1.29, 1.82) is 0 Å². The van der Waals surface area contributed by atoms with Gasteiger partial charge in [-0.25, -0.2) is 4.98 Å². The van der Waals surface area contributed by atoms with Gasteiger partial charge in [0.2, 0.25) is 0 Å². The van der Waals surface area contributed by atoms with Crippen LogP contribution >= 0.6 is 11.6 Å². The third kappa shape index (κ3) is 2.52. The minimum atomic E-state index is 0.489. The van der Waals surface area contributed by atoms with Crippen LogP contribution in [0.4, 0.5) is 0 Å². The number of nitrogens with zero attached hydrogens (tertiary/aromatic N) is 4. The summed E-state index contributed by atoms with van der Waals surface area (Å²) in [6.45, 7) is 1.06. The first-order valence-corrected chi connectivity index (χ1v) is 8.17. The number of aromatic nitrogens is 3. The van der Waals surface area contributed by atoms with E-state index in [4.69, 9.17) is 22.3 Å². The number of imidazole rings is 1. The molecule has 3 heterocycles. The van der Waals surface area contributed by atoms with Gasteiger partial charge in [0, 0.05) is 35.1 Å². The van der Waals surface area contributed by atoms with Gasteiger partial charge < -0.3 is 5.73 Å². The smallest absolute Gasteiger partial charge is 0.135 e. The minimum absolute atomic E-state index is 0.489. The standard InChI is InChI=1S/C18H16ClN5/c19-12-4-5-16-14(9-12)18(15-3-1-2-8-21-15)23-11-17-22-10-13(6-7-20)24(16)17/h1-5,8-10H,6-7,11,20H2. The molecule has 5 nitrogen and oxygen atoms in total. The van der Waals surface area contributed by atoms with Crippen molar-refractivity contribution < 1.29 is 0 Å². The SMILES string of the molecule is NCCc1cnc2n1-c1ccc(Cl)cc1C(c1ccccn1)=NC2. The maximum absolute atomic E-state index is 6.26. The van der Waals surface area contributed by atoms with Crippen molar-refractivity contribution in [3.05, 3.63) is 76.6 Å². The third-order valence-corrected chi connectivity index (χ3v) is 4.28. The largest absolute Gasteiger partial charge is 0.330 e. The van der Waals surface area contributed by atoms with Gasteiger partial charge in [0.25, 0.3) is 0 Å². The van der Waals surface area contributed by atoms with Gasteiger partial charge in [-0.15, -0.1) is 0 Å². The lowest BCUT2D eigenvalue weighted by atomic mass is 10.0. The Morgan fingerprint density at radius 1 is 1.17 bits per heavy atom. The fourth-order valence-corrected chi connectivity index (χ4v) is 3.18.